The summed E-state index contributed by atoms with van der Waals surface area (Å²) in [4.78, 5) is 0. The van der Waals surface area contributed by atoms with E-state index >= 15 is 0 Å². The van der Waals surface area contributed by atoms with Gasteiger partial charge in [-0.3, -0.25) is 0 Å². The molecule has 0 saturated heterocycles. The quantitative estimate of drug-likeness (QED) is 0.879. The molecule has 0 spiro atoms. The molecule has 0 bridgehead atoms. The third-order valence-corrected chi connectivity index (χ3v) is 3.23. The van der Waals surface area contributed by atoms with Gasteiger partial charge in [-0.05, 0) is 30.7 Å². The predicted octanol–water partition coefficient (Wildman–Crippen LogP) is 3.39. The molecular weight excluding hydrogens is 257 g/mol. The van der Waals surface area contributed by atoms with Crippen LogP contribution in [0.25, 0.3) is 0 Å². The number of ether oxygens (including phenoxy) is 1. The molecule has 0 unspecified atom stereocenters. The lowest BCUT2D eigenvalue weighted by Crippen LogP contribution is -2.19. The number of phenols is 1. The number of benzene rings is 2. The molecule has 0 aliphatic carbocycles. The van der Waals surface area contributed by atoms with Crippen LogP contribution in [0.4, 0.5) is 4.39 Å². The lowest BCUT2D eigenvalue weighted by Gasteiger charge is -2.15. The molecule has 2 N–H and O–H groups in total. The molecule has 0 heterocycles. The number of hydrogen-bond donors (Lipinski definition) is 2. The maximum Gasteiger partial charge on any atom is 0.160 e. The molecule has 2 rings (SSSR count). The van der Waals surface area contributed by atoms with Gasteiger partial charge in [0.25, 0.3) is 0 Å². The second-order valence-corrected chi connectivity index (χ2v) is 4.63. The number of rotatable bonds is 5. The highest BCUT2D eigenvalue weighted by atomic mass is 19.1. The molecule has 106 valence electrons. The maximum atomic E-state index is 13.6. The number of phenolic OH excluding ortho intramolecular Hbond substituents is 1. The Morgan fingerprint density at radius 1 is 1.25 bits per heavy atom. The van der Waals surface area contributed by atoms with E-state index < -0.39 is 0 Å². The Hall–Kier alpha value is -2.07. The third-order valence-electron chi connectivity index (χ3n) is 3.23. The summed E-state index contributed by atoms with van der Waals surface area (Å²) in [6.07, 6.45) is 0. The SMILES string of the molecule is COc1cc(CN[C@H](C)c2ccccc2F)ccc1O. The van der Waals surface area contributed by atoms with Gasteiger partial charge in [-0.25, -0.2) is 4.39 Å². The Morgan fingerprint density at radius 3 is 2.70 bits per heavy atom. The van der Waals surface area contributed by atoms with Crippen molar-refractivity contribution in [3.8, 4) is 11.5 Å². The summed E-state index contributed by atoms with van der Waals surface area (Å²) in [7, 11) is 1.51. The van der Waals surface area contributed by atoms with Crippen molar-refractivity contribution in [2.24, 2.45) is 0 Å². The third kappa shape index (κ3) is 3.27. The van der Waals surface area contributed by atoms with E-state index in [4.69, 9.17) is 4.74 Å². The number of aromatic hydroxyl groups is 1. The van der Waals surface area contributed by atoms with Crippen molar-refractivity contribution in [1.82, 2.24) is 5.32 Å². The molecule has 0 radical (unpaired) electrons. The minimum absolute atomic E-state index is 0.101. The van der Waals surface area contributed by atoms with Crippen LogP contribution in [0, 0.1) is 5.82 Å². The van der Waals surface area contributed by atoms with E-state index in [1.807, 2.05) is 13.0 Å². The molecule has 0 amide bonds. The molecule has 2 aromatic rings. The van der Waals surface area contributed by atoms with Crippen molar-refractivity contribution < 1.29 is 14.2 Å². The van der Waals surface area contributed by atoms with Gasteiger partial charge < -0.3 is 15.2 Å². The van der Waals surface area contributed by atoms with E-state index in [1.54, 1.807) is 30.3 Å². The molecule has 0 aliphatic heterocycles. The van der Waals surface area contributed by atoms with Crippen LogP contribution < -0.4 is 10.1 Å². The molecule has 0 fully saturated rings. The van der Waals surface area contributed by atoms with Crippen molar-refractivity contribution >= 4 is 0 Å². The maximum absolute atomic E-state index is 13.6. The second kappa shape index (κ2) is 6.39. The number of nitrogens with one attached hydrogen (secondary N) is 1. The van der Waals surface area contributed by atoms with Crippen LogP contribution in [0.3, 0.4) is 0 Å². The van der Waals surface area contributed by atoms with Gasteiger partial charge in [-0.2, -0.15) is 0 Å². The number of methoxy groups -OCH3 is 1. The van der Waals surface area contributed by atoms with Gasteiger partial charge in [0.2, 0.25) is 0 Å². The Morgan fingerprint density at radius 2 is 2.00 bits per heavy atom. The molecule has 20 heavy (non-hydrogen) atoms. The summed E-state index contributed by atoms with van der Waals surface area (Å²) in [6.45, 7) is 2.47. The van der Waals surface area contributed by atoms with Crippen molar-refractivity contribution in [1.29, 1.82) is 0 Å². The van der Waals surface area contributed by atoms with Gasteiger partial charge in [0.1, 0.15) is 5.82 Å². The molecule has 0 aliphatic rings. The summed E-state index contributed by atoms with van der Waals surface area (Å²) >= 11 is 0. The summed E-state index contributed by atoms with van der Waals surface area (Å²) < 4.78 is 18.7. The average Bonchev–Trinajstić information content (AvgIpc) is 2.46. The van der Waals surface area contributed by atoms with E-state index in [-0.39, 0.29) is 17.6 Å². The van der Waals surface area contributed by atoms with E-state index in [0.29, 0.717) is 17.9 Å². The Bertz CT molecular complexity index is 586. The first kappa shape index (κ1) is 14.3. The fraction of sp³-hybridized carbons (Fsp3) is 0.250. The van der Waals surface area contributed by atoms with Crippen LogP contribution in [0.5, 0.6) is 11.5 Å². The standard InChI is InChI=1S/C16H18FNO2/c1-11(13-5-3-4-6-14(13)17)18-10-12-7-8-15(19)16(9-12)20-2/h3-9,11,18-19H,10H2,1-2H3/t11-/m1/s1. The van der Waals surface area contributed by atoms with E-state index in [2.05, 4.69) is 5.32 Å². The summed E-state index contributed by atoms with van der Waals surface area (Å²) in [6, 6.07) is 11.8. The van der Waals surface area contributed by atoms with Crippen molar-refractivity contribution in [2.45, 2.75) is 19.5 Å². The molecule has 4 heteroatoms. The van der Waals surface area contributed by atoms with Gasteiger partial charge >= 0.3 is 0 Å². The molecular formula is C16H18FNO2. The Labute approximate surface area is 118 Å². The van der Waals surface area contributed by atoms with Crippen molar-refractivity contribution in [3.05, 3.63) is 59.4 Å². The van der Waals surface area contributed by atoms with Crippen LogP contribution in [-0.4, -0.2) is 12.2 Å². The fourth-order valence-corrected chi connectivity index (χ4v) is 2.04. The first-order valence-corrected chi connectivity index (χ1v) is 6.45. The van der Waals surface area contributed by atoms with Crippen LogP contribution in [0.15, 0.2) is 42.5 Å². The van der Waals surface area contributed by atoms with Crippen LogP contribution in [-0.2, 0) is 6.54 Å². The van der Waals surface area contributed by atoms with E-state index in [9.17, 15) is 9.50 Å². The highest BCUT2D eigenvalue weighted by molar-refractivity contribution is 5.41. The minimum atomic E-state index is -0.212. The monoisotopic (exact) mass is 275 g/mol. The lowest BCUT2D eigenvalue weighted by molar-refractivity contribution is 0.372. The van der Waals surface area contributed by atoms with Crippen LogP contribution in [0.2, 0.25) is 0 Å². The number of halogens is 1. The zero-order valence-corrected chi connectivity index (χ0v) is 11.6. The van der Waals surface area contributed by atoms with Crippen molar-refractivity contribution in [3.63, 3.8) is 0 Å². The van der Waals surface area contributed by atoms with E-state index in [0.717, 1.165) is 5.56 Å². The highest BCUT2D eigenvalue weighted by Gasteiger charge is 2.10. The average molecular weight is 275 g/mol. The predicted molar refractivity (Wildman–Crippen MR) is 76.3 cm³/mol. The normalized spacial score (nSPS) is 12.2. The number of hydrogen-bond acceptors (Lipinski definition) is 3. The summed E-state index contributed by atoms with van der Waals surface area (Å²) in [5, 5.41) is 12.8. The molecule has 0 saturated carbocycles. The zero-order valence-electron chi connectivity index (χ0n) is 11.6. The first-order chi connectivity index (χ1) is 9.61. The Kier molecular flexibility index (Phi) is 4.58. The topological polar surface area (TPSA) is 41.5 Å². The summed E-state index contributed by atoms with van der Waals surface area (Å²) in [5.74, 6) is 0.331. The first-order valence-electron chi connectivity index (χ1n) is 6.45. The summed E-state index contributed by atoms with van der Waals surface area (Å²) in [5.41, 5.74) is 1.60. The largest absolute Gasteiger partial charge is 0.504 e. The van der Waals surface area contributed by atoms with Gasteiger partial charge in [0.05, 0.1) is 7.11 Å². The molecule has 2 aromatic carbocycles. The van der Waals surface area contributed by atoms with Gasteiger partial charge in [-0.1, -0.05) is 24.3 Å². The second-order valence-electron chi connectivity index (χ2n) is 4.63. The van der Waals surface area contributed by atoms with Crippen LogP contribution in [0.1, 0.15) is 24.1 Å². The van der Waals surface area contributed by atoms with Gasteiger partial charge in [0.15, 0.2) is 11.5 Å². The van der Waals surface area contributed by atoms with Crippen LogP contribution >= 0.6 is 0 Å². The lowest BCUT2D eigenvalue weighted by atomic mass is 10.1. The Balaban J connectivity index is 2.03. The van der Waals surface area contributed by atoms with E-state index in [1.165, 1.54) is 13.2 Å². The molecule has 0 aromatic heterocycles. The van der Waals surface area contributed by atoms with Gasteiger partial charge in [-0.15, -0.1) is 0 Å². The van der Waals surface area contributed by atoms with Crippen molar-refractivity contribution in [2.75, 3.05) is 7.11 Å². The van der Waals surface area contributed by atoms with Gasteiger partial charge in [0, 0.05) is 18.2 Å². The smallest absolute Gasteiger partial charge is 0.160 e. The zero-order chi connectivity index (χ0) is 14.5. The minimum Gasteiger partial charge on any atom is -0.504 e. The fourth-order valence-electron chi connectivity index (χ4n) is 2.04. The molecule has 1 atom stereocenters. The highest BCUT2D eigenvalue weighted by Crippen LogP contribution is 2.26. The molecule has 3 nitrogen and oxygen atoms in total.